The van der Waals surface area contributed by atoms with Crippen molar-refractivity contribution in [2.75, 3.05) is 32.8 Å². The number of benzene rings is 1. The molecule has 1 aromatic carbocycles. The fraction of sp³-hybridized carbons (Fsp3) is 0.720. The lowest BCUT2D eigenvalue weighted by Gasteiger charge is -2.27. The molecule has 1 aliphatic heterocycles. The van der Waals surface area contributed by atoms with Crippen LogP contribution in [0.3, 0.4) is 0 Å². The Morgan fingerprint density at radius 1 is 1.18 bits per heavy atom. The molecule has 8 heteroatoms. The minimum atomic E-state index is -2.43. The second-order valence-electron chi connectivity index (χ2n) is 9.48. The van der Waals surface area contributed by atoms with Gasteiger partial charge in [0.05, 0.1) is 0 Å². The zero-order valence-corrected chi connectivity index (χ0v) is 20.7. The summed E-state index contributed by atoms with van der Waals surface area (Å²) in [6.45, 7) is 5.98. The van der Waals surface area contributed by atoms with E-state index >= 15 is 0 Å². The van der Waals surface area contributed by atoms with Gasteiger partial charge in [-0.05, 0) is 61.3 Å². The van der Waals surface area contributed by atoms with E-state index in [4.69, 9.17) is 9.47 Å². The number of hydrogen-bond acceptors (Lipinski definition) is 5. The smallest absolute Gasteiger partial charge is 0.407 e. The number of ether oxygens (including phenoxy) is 2. The van der Waals surface area contributed by atoms with E-state index in [1.165, 1.54) is 17.1 Å². The van der Waals surface area contributed by atoms with Gasteiger partial charge in [0.1, 0.15) is 6.61 Å². The Balaban J connectivity index is 1.25. The first-order chi connectivity index (χ1) is 16.1. The predicted molar refractivity (Wildman–Crippen MR) is 129 cm³/mol. The first-order valence-electron chi connectivity index (χ1n) is 12.5. The van der Waals surface area contributed by atoms with E-state index in [9.17, 15) is 13.2 Å². The van der Waals surface area contributed by atoms with Crippen molar-refractivity contribution in [3.8, 4) is 0 Å². The molecule has 1 saturated carbocycles. The van der Waals surface area contributed by atoms with Crippen LogP contribution < -0.4 is 5.32 Å². The van der Waals surface area contributed by atoms with Gasteiger partial charge in [0, 0.05) is 32.8 Å². The highest BCUT2D eigenvalue weighted by Gasteiger charge is 2.41. The molecule has 3 atom stereocenters. The molecule has 1 N–H and O–H groups in total. The Hall–Kier alpha value is -1.64. The zero-order chi connectivity index (χ0) is 23.5. The van der Waals surface area contributed by atoms with Crippen LogP contribution in [-0.4, -0.2) is 51.7 Å². The molecule has 0 bridgehead atoms. The van der Waals surface area contributed by atoms with Gasteiger partial charge in [-0.25, -0.2) is 17.5 Å². The van der Waals surface area contributed by atoms with Crippen LogP contribution in [0.25, 0.3) is 0 Å². The molecular weight excluding hydrogens is 440 g/mol. The third-order valence-corrected chi connectivity index (χ3v) is 7.91. The maximum absolute atomic E-state index is 12.0. The number of alkyl carbamates (subject to hydrolysis) is 1. The van der Waals surface area contributed by atoms with Crippen molar-refractivity contribution in [3.05, 3.63) is 35.9 Å². The molecule has 3 rings (SSSR count). The van der Waals surface area contributed by atoms with Crippen molar-refractivity contribution >= 4 is 17.0 Å². The van der Waals surface area contributed by atoms with Crippen LogP contribution in [0.5, 0.6) is 0 Å². The Morgan fingerprint density at radius 2 is 1.94 bits per heavy atom. The molecule has 1 amide bonds. The SMILES string of the molecule is CCCC(CCNC(=O)OCc1ccccc1)[C@H]1C[C@H]1CCOCC1CCN([SH](=O)=O)CC1. The summed E-state index contributed by atoms with van der Waals surface area (Å²) in [6, 6.07) is 9.72. The van der Waals surface area contributed by atoms with Crippen LogP contribution in [0.2, 0.25) is 0 Å². The summed E-state index contributed by atoms with van der Waals surface area (Å²) in [5.74, 6) is 2.60. The van der Waals surface area contributed by atoms with Crippen molar-refractivity contribution in [1.82, 2.24) is 9.62 Å². The van der Waals surface area contributed by atoms with Crippen molar-refractivity contribution in [2.45, 2.75) is 58.5 Å². The van der Waals surface area contributed by atoms with E-state index in [1.807, 2.05) is 30.3 Å². The molecule has 2 fully saturated rings. The van der Waals surface area contributed by atoms with Crippen LogP contribution in [0, 0.1) is 23.7 Å². The van der Waals surface area contributed by atoms with E-state index in [2.05, 4.69) is 12.2 Å². The quantitative estimate of drug-likeness (QED) is 0.311. The highest BCUT2D eigenvalue weighted by atomic mass is 32.2. The highest BCUT2D eigenvalue weighted by Crippen LogP contribution is 2.49. The number of carbonyl (C=O) groups is 1. The zero-order valence-electron chi connectivity index (χ0n) is 19.8. The third kappa shape index (κ3) is 9.26. The number of nitrogens with zero attached hydrogens (tertiary/aromatic N) is 1. The molecule has 186 valence electrons. The van der Waals surface area contributed by atoms with E-state index < -0.39 is 10.9 Å². The first kappa shape index (κ1) is 26.0. The second-order valence-corrected chi connectivity index (χ2v) is 10.5. The summed E-state index contributed by atoms with van der Waals surface area (Å²) >= 11 is 0. The molecule has 0 spiro atoms. The van der Waals surface area contributed by atoms with E-state index in [0.29, 0.717) is 38.1 Å². The molecule has 1 aromatic rings. The van der Waals surface area contributed by atoms with Gasteiger partial charge in [-0.1, -0.05) is 50.1 Å². The molecule has 1 saturated heterocycles. The summed E-state index contributed by atoms with van der Waals surface area (Å²) < 4.78 is 34.8. The van der Waals surface area contributed by atoms with Gasteiger partial charge < -0.3 is 14.8 Å². The average Bonchev–Trinajstić information content (AvgIpc) is 3.60. The van der Waals surface area contributed by atoms with Crippen LogP contribution >= 0.6 is 0 Å². The summed E-state index contributed by atoms with van der Waals surface area (Å²) in [4.78, 5) is 12.0. The van der Waals surface area contributed by atoms with Crippen molar-refractivity contribution in [2.24, 2.45) is 23.7 Å². The number of amides is 1. The minimum Gasteiger partial charge on any atom is -0.445 e. The number of piperidine rings is 1. The molecule has 1 aliphatic carbocycles. The van der Waals surface area contributed by atoms with Crippen LogP contribution in [0.4, 0.5) is 4.79 Å². The molecule has 0 radical (unpaired) electrons. The summed E-state index contributed by atoms with van der Waals surface area (Å²) in [6.07, 6.45) is 7.17. The number of rotatable bonds is 14. The lowest BCUT2D eigenvalue weighted by molar-refractivity contribution is 0.0749. The molecule has 2 aliphatic rings. The van der Waals surface area contributed by atoms with Gasteiger partial charge >= 0.3 is 6.09 Å². The highest BCUT2D eigenvalue weighted by molar-refractivity contribution is 7.69. The fourth-order valence-corrected chi connectivity index (χ4v) is 5.55. The van der Waals surface area contributed by atoms with Crippen molar-refractivity contribution in [1.29, 1.82) is 0 Å². The summed E-state index contributed by atoms with van der Waals surface area (Å²) in [7, 11) is -2.43. The molecule has 0 aromatic heterocycles. The first-order valence-corrected chi connectivity index (χ1v) is 13.6. The predicted octanol–water partition coefficient (Wildman–Crippen LogP) is 4.00. The number of nitrogens with one attached hydrogen (secondary N) is 1. The van der Waals surface area contributed by atoms with Gasteiger partial charge in [-0.3, -0.25) is 0 Å². The number of thiol groups is 1. The number of carbonyl (C=O) groups excluding carboxylic acids is 1. The molecule has 33 heavy (non-hydrogen) atoms. The van der Waals surface area contributed by atoms with Gasteiger partial charge in [-0.15, -0.1) is 0 Å². The van der Waals surface area contributed by atoms with E-state index in [1.54, 1.807) is 0 Å². The molecule has 1 heterocycles. The minimum absolute atomic E-state index is 0.299. The molecule has 1 unspecified atom stereocenters. The van der Waals surface area contributed by atoms with Crippen LogP contribution in [0.1, 0.15) is 57.4 Å². The monoisotopic (exact) mass is 480 g/mol. The average molecular weight is 481 g/mol. The largest absolute Gasteiger partial charge is 0.445 e. The Kier molecular flexibility index (Phi) is 11.0. The summed E-state index contributed by atoms with van der Waals surface area (Å²) in [5.41, 5.74) is 0.990. The van der Waals surface area contributed by atoms with Crippen molar-refractivity contribution in [3.63, 3.8) is 0 Å². The Bertz CT molecular complexity index is 772. The lowest BCUT2D eigenvalue weighted by Crippen LogP contribution is -2.34. The third-order valence-electron chi connectivity index (χ3n) is 7.05. The van der Waals surface area contributed by atoms with Crippen molar-refractivity contribution < 1.29 is 22.7 Å². The molecular formula is C25H40N2O5S. The van der Waals surface area contributed by atoms with Gasteiger partial charge in [0.15, 0.2) is 0 Å². The Morgan fingerprint density at radius 3 is 2.64 bits per heavy atom. The summed E-state index contributed by atoms with van der Waals surface area (Å²) in [5, 5.41) is 2.91. The van der Waals surface area contributed by atoms with Gasteiger partial charge in [0.2, 0.25) is 10.9 Å². The van der Waals surface area contributed by atoms with Crippen LogP contribution in [-0.2, 0) is 27.0 Å². The number of hydrogen-bond donors (Lipinski definition) is 2. The fourth-order valence-electron chi connectivity index (χ4n) is 4.99. The lowest BCUT2D eigenvalue weighted by atomic mass is 9.92. The topological polar surface area (TPSA) is 84.9 Å². The maximum atomic E-state index is 12.0. The standard InChI is InChI=1S/C25H40N2O5S/c1-2-6-22(9-13-26-25(28)32-19-20-7-4-3-5-8-20)24-17-23(24)12-16-31-18-21-10-14-27(15-11-21)33(29)30/h3-5,7-8,21-24,33H,2,6,9-19H2,1H3,(H,26,28)/t22?,23-,24-/m1/s1. The normalized spacial score (nSPS) is 22.2. The Labute approximate surface area is 200 Å². The van der Waals surface area contributed by atoms with Crippen LogP contribution in [0.15, 0.2) is 30.3 Å². The molecule has 7 nitrogen and oxygen atoms in total. The second kappa shape index (κ2) is 13.9. The van der Waals surface area contributed by atoms with Gasteiger partial charge in [-0.2, -0.15) is 0 Å². The van der Waals surface area contributed by atoms with E-state index in [0.717, 1.165) is 62.7 Å². The maximum Gasteiger partial charge on any atom is 0.407 e. The van der Waals surface area contributed by atoms with E-state index in [-0.39, 0.29) is 6.09 Å². The van der Waals surface area contributed by atoms with Gasteiger partial charge in [0.25, 0.3) is 0 Å².